The van der Waals surface area contributed by atoms with Gasteiger partial charge in [0.05, 0.1) is 21.3 Å². The Morgan fingerprint density at radius 2 is 1.24 bits per heavy atom. The normalized spacial score (nSPS) is 17.0. The highest BCUT2D eigenvalue weighted by Crippen LogP contribution is 2.61. The van der Waals surface area contributed by atoms with Gasteiger partial charge in [-0.15, -0.1) is 11.3 Å². The van der Waals surface area contributed by atoms with Gasteiger partial charge in [-0.25, -0.2) is 4.98 Å². The molecule has 0 radical (unpaired) electrons. The molecule has 0 N–H and O–H groups in total. The van der Waals surface area contributed by atoms with Crippen LogP contribution in [-0.2, 0) is 33.5 Å². The van der Waals surface area contributed by atoms with E-state index in [0.717, 1.165) is 22.5 Å². The molecule has 4 heterocycles. The maximum Gasteiger partial charge on any atom is 0.333 e. The van der Waals surface area contributed by atoms with Crippen LogP contribution in [0.5, 0.6) is 0 Å². The molecule has 0 fully saturated rings. The van der Waals surface area contributed by atoms with Crippen LogP contribution in [0.3, 0.4) is 0 Å². The molecule has 3 nitrogen and oxygen atoms in total. The zero-order valence-corrected chi connectivity index (χ0v) is 46.0. The van der Waals surface area contributed by atoms with Crippen molar-refractivity contribution in [1.82, 2.24) is 9.55 Å². The molecule has 2 aliphatic heterocycles. The molecule has 0 atom stereocenters. The lowest BCUT2D eigenvalue weighted by Crippen LogP contribution is -2.60. The van der Waals surface area contributed by atoms with E-state index in [-0.39, 0.29) is 33.9 Å². The Balaban J connectivity index is 1.13. The SMILES string of the molecule is CC(C)(C)c1ccc(N2B3c4cc5nc(-c6ccccc6)sc5cc4-n4c5ccc(C(C)(C)C)cc5c5c6c(c(c3c54)-c3cc4c(cc32)Cc2cc3c(cc2-4)C(C)(C)CCC3(C)C)-c2ccccc2C6(C)C)cc1. The van der Waals surface area contributed by atoms with Crippen molar-refractivity contribution in [3.63, 3.8) is 0 Å². The lowest BCUT2D eigenvalue weighted by molar-refractivity contribution is 0.332. The second-order valence-electron chi connectivity index (χ2n) is 26.6. The molecule has 10 aromatic rings. The number of nitrogens with zero attached hydrogens (tertiary/aromatic N) is 3. The molecule has 0 saturated heterocycles. The monoisotopic (exact) mass is 977 g/mol. The fourth-order valence-electron chi connectivity index (χ4n) is 14.6. The summed E-state index contributed by atoms with van der Waals surface area (Å²) in [6.45, 7) is 28.8. The van der Waals surface area contributed by atoms with Crippen molar-refractivity contribution in [3.8, 4) is 49.6 Å². The number of hydrogen-bond donors (Lipinski definition) is 0. The summed E-state index contributed by atoms with van der Waals surface area (Å²) in [7, 11) is 0. The summed E-state index contributed by atoms with van der Waals surface area (Å²) >= 11 is 1.81. The summed E-state index contributed by atoms with van der Waals surface area (Å²) in [4.78, 5) is 8.26. The standard InChI is InChI=1S/C69H64BN3S/c1-65(2,3)41-22-25-43(26-23-41)73-55-32-40-30-39-31-50-51(68(9,10)29-28-67(50,7)8)35-46(39)45(40)34-48(55)59-58-44-20-16-17-21-49(44)69(11,12)61(58)60-47-33-42(66(4,5)6)24-27-54(47)72-56-37-57-53(36-52(56)70(73)62(59)63(60)72)71-64(74-57)38-18-14-13-15-19-38/h13-27,31-37H,28-30H2,1-12H3. The molecule has 0 unspecified atom stereocenters. The number of benzene rings is 8. The fourth-order valence-corrected chi connectivity index (χ4v) is 15.6. The molecule has 364 valence electrons. The quantitative estimate of drug-likeness (QED) is 0.161. The van der Waals surface area contributed by atoms with Gasteiger partial charge in [0.15, 0.2) is 0 Å². The van der Waals surface area contributed by atoms with Crippen molar-refractivity contribution in [2.45, 2.75) is 129 Å². The van der Waals surface area contributed by atoms with E-state index in [0.29, 0.717) is 0 Å². The Kier molecular flexibility index (Phi) is 8.69. The van der Waals surface area contributed by atoms with Crippen LogP contribution >= 0.6 is 11.3 Å². The van der Waals surface area contributed by atoms with Gasteiger partial charge in [0.2, 0.25) is 0 Å². The van der Waals surface area contributed by atoms with E-state index in [4.69, 9.17) is 4.98 Å². The van der Waals surface area contributed by atoms with Gasteiger partial charge in [0.1, 0.15) is 5.01 Å². The van der Waals surface area contributed by atoms with Crippen LogP contribution in [0.15, 0.2) is 133 Å². The van der Waals surface area contributed by atoms with Gasteiger partial charge in [0, 0.05) is 44.4 Å². The van der Waals surface area contributed by atoms with Gasteiger partial charge >= 0.3 is 6.85 Å². The molecule has 5 aliphatic rings. The molecular weight excluding hydrogens is 914 g/mol. The number of thiazole rings is 1. The minimum absolute atomic E-state index is 0.0176. The molecule has 0 bridgehead atoms. The van der Waals surface area contributed by atoms with E-state index in [1.165, 1.54) is 140 Å². The third kappa shape index (κ3) is 5.88. The van der Waals surface area contributed by atoms with Crippen LogP contribution < -0.4 is 15.7 Å². The van der Waals surface area contributed by atoms with Crippen molar-refractivity contribution in [2.24, 2.45) is 0 Å². The molecule has 15 rings (SSSR count). The molecule has 0 amide bonds. The molecule has 0 saturated carbocycles. The lowest BCUT2D eigenvalue weighted by Gasteiger charge is -2.43. The topological polar surface area (TPSA) is 21.1 Å². The first kappa shape index (κ1) is 44.8. The van der Waals surface area contributed by atoms with Gasteiger partial charge in [-0.2, -0.15) is 0 Å². The number of aromatic nitrogens is 2. The van der Waals surface area contributed by atoms with E-state index in [1.807, 2.05) is 11.3 Å². The maximum absolute atomic E-state index is 5.50. The molecule has 3 aliphatic carbocycles. The summed E-state index contributed by atoms with van der Waals surface area (Å²) in [6, 6.07) is 52.8. The highest BCUT2D eigenvalue weighted by Gasteiger charge is 2.51. The number of anilines is 2. The first-order chi connectivity index (χ1) is 35.2. The second-order valence-corrected chi connectivity index (χ2v) is 27.6. The number of fused-ring (bicyclic) bond motifs is 18. The van der Waals surface area contributed by atoms with Crippen LogP contribution in [0.25, 0.3) is 81.7 Å². The molecule has 8 aromatic carbocycles. The van der Waals surface area contributed by atoms with Gasteiger partial charge in [0.25, 0.3) is 0 Å². The Labute approximate surface area is 441 Å². The summed E-state index contributed by atoms with van der Waals surface area (Å²) in [5.41, 5.74) is 31.2. The Hall–Kier alpha value is -6.69. The predicted octanol–water partition coefficient (Wildman–Crippen LogP) is 17.1. The average Bonchev–Trinajstić information content (AvgIpc) is 4.11. The Bertz CT molecular complexity index is 4150. The van der Waals surface area contributed by atoms with E-state index >= 15 is 0 Å². The van der Waals surface area contributed by atoms with E-state index < -0.39 is 0 Å². The first-order valence-electron chi connectivity index (χ1n) is 27.2. The maximum atomic E-state index is 5.50. The third-order valence-corrected chi connectivity index (χ3v) is 19.8. The van der Waals surface area contributed by atoms with Crippen molar-refractivity contribution in [2.75, 3.05) is 4.81 Å². The van der Waals surface area contributed by atoms with Crippen molar-refractivity contribution < 1.29 is 0 Å². The summed E-state index contributed by atoms with van der Waals surface area (Å²) in [5.74, 6) is 0. The van der Waals surface area contributed by atoms with Gasteiger partial charge in [-0.05, 0) is 173 Å². The van der Waals surface area contributed by atoms with E-state index in [1.54, 1.807) is 5.56 Å². The van der Waals surface area contributed by atoms with Crippen LogP contribution in [0.2, 0.25) is 0 Å². The van der Waals surface area contributed by atoms with Crippen molar-refractivity contribution >= 4 is 72.5 Å². The Morgan fingerprint density at radius 1 is 0.581 bits per heavy atom. The molecule has 2 aromatic heterocycles. The van der Waals surface area contributed by atoms with Gasteiger partial charge in [-0.3, -0.25) is 0 Å². The van der Waals surface area contributed by atoms with Gasteiger partial charge in [-0.1, -0.05) is 168 Å². The first-order valence-corrected chi connectivity index (χ1v) is 28.1. The molecular formula is C69H64BN3S. The highest BCUT2D eigenvalue weighted by molar-refractivity contribution is 7.21. The van der Waals surface area contributed by atoms with Crippen molar-refractivity contribution in [1.29, 1.82) is 0 Å². The van der Waals surface area contributed by atoms with Crippen LogP contribution in [-0.4, -0.2) is 16.4 Å². The highest BCUT2D eigenvalue weighted by atomic mass is 32.1. The largest absolute Gasteiger partial charge is 0.376 e. The lowest BCUT2D eigenvalue weighted by atomic mass is 9.43. The summed E-state index contributed by atoms with van der Waals surface area (Å²) in [5, 5.41) is 3.81. The summed E-state index contributed by atoms with van der Waals surface area (Å²) in [6.07, 6.45) is 3.35. The summed E-state index contributed by atoms with van der Waals surface area (Å²) < 4.78 is 3.91. The molecule has 74 heavy (non-hydrogen) atoms. The minimum atomic E-state index is -0.263. The number of rotatable bonds is 2. The van der Waals surface area contributed by atoms with E-state index in [2.05, 4.69) is 226 Å². The zero-order chi connectivity index (χ0) is 50.9. The van der Waals surface area contributed by atoms with Crippen LogP contribution in [0.4, 0.5) is 11.4 Å². The average molecular weight is 978 g/mol. The zero-order valence-electron chi connectivity index (χ0n) is 45.2. The van der Waals surface area contributed by atoms with Gasteiger partial charge < -0.3 is 9.38 Å². The third-order valence-electron chi connectivity index (χ3n) is 18.7. The van der Waals surface area contributed by atoms with Crippen LogP contribution in [0, 0.1) is 0 Å². The minimum Gasteiger partial charge on any atom is -0.376 e. The Morgan fingerprint density at radius 3 is 1.97 bits per heavy atom. The van der Waals surface area contributed by atoms with E-state index in [9.17, 15) is 0 Å². The second kappa shape index (κ2) is 14.4. The van der Waals surface area contributed by atoms with Crippen molar-refractivity contribution in [3.05, 3.63) is 178 Å². The predicted molar refractivity (Wildman–Crippen MR) is 317 cm³/mol. The smallest absolute Gasteiger partial charge is 0.333 e. The van der Waals surface area contributed by atoms with Crippen LogP contribution in [0.1, 0.15) is 140 Å². The number of hydrogen-bond acceptors (Lipinski definition) is 3. The molecule has 5 heteroatoms. The fraction of sp³-hybridized carbons (Fsp3) is 0.290. The molecule has 0 spiro atoms.